The van der Waals surface area contributed by atoms with Crippen molar-refractivity contribution in [1.29, 1.82) is 0 Å². The van der Waals surface area contributed by atoms with Gasteiger partial charge in [-0.05, 0) is 12.5 Å². The van der Waals surface area contributed by atoms with E-state index in [0.717, 1.165) is 12.1 Å². The van der Waals surface area contributed by atoms with Crippen LogP contribution < -0.4 is 15.8 Å². The minimum Gasteiger partial charge on any atom is -0.493 e. The summed E-state index contributed by atoms with van der Waals surface area (Å²) in [5, 5.41) is 20.9. The Bertz CT molecular complexity index is 341. The molecule has 0 spiro atoms. The van der Waals surface area contributed by atoms with Gasteiger partial charge in [-0.3, -0.25) is 0 Å². The van der Waals surface area contributed by atoms with Crippen molar-refractivity contribution in [2.45, 2.75) is 19.4 Å². The first kappa shape index (κ1) is 13.6. The molecule has 1 aromatic carbocycles. The van der Waals surface area contributed by atoms with Crippen molar-refractivity contribution in [2.24, 2.45) is 0 Å². The molecule has 0 amide bonds. The number of nitrogen functional groups attached to an aromatic ring is 1. The average Bonchev–Trinajstić information content (AvgIpc) is 2.32. The Morgan fingerprint density at radius 3 is 2.59 bits per heavy atom. The molecule has 0 bridgehead atoms. The molecule has 0 radical (unpaired) electrons. The zero-order chi connectivity index (χ0) is 12.7. The second kappa shape index (κ2) is 6.98. The minimum absolute atomic E-state index is 0.142. The molecule has 0 aliphatic rings. The number of benzene rings is 1. The van der Waals surface area contributed by atoms with Crippen LogP contribution in [-0.4, -0.2) is 36.1 Å². The summed E-state index contributed by atoms with van der Waals surface area (Å²) in [6.45, 7) is 2.37. The van der Waals surface area contributed by atoms with E-state index < -0.39 is 6.04 Å². The summed E-state index contributed by atoms with van der Waals surface area (Å²) in [7, 11) is 0. The van der Waals surface area contributed by atoms with Crippen LogP contribution in [-0.2, 0) is 0 Å². The van der Waals surface area contributed by atoms with Crippen LogP contribution in [0.1, 0.15) is 13.3 Å². The van der Waals surface area contributed by atoms with E-state index in [0.29, 0.717) is 18.0 Å². The summed E-state index contributed by atoms with van der Waals surface area (Å²) in [5.41, 5.74) is 7.05. The van der Waals surface area contributed by atoms with Crippen molar-refractivity contribution in [3.8, 4) is 5.75 Å². The van der Waals surface area contributed by atoms with Gasteiger partial charge in [0.1, 0.15) is 5.75 Å². The number of hydrogen-bond donors (Lipinski definition) is 4. The summed E-state index contributed by atoms with van der Waals surface area (Å²) in [4.78, 5) is 0. The number of nitrogens with two attached hydrogens (primary N) is 1. The molecule has 0 saturated carbocycles. The third-order valence-corrected chi connectivity index (χ3v) is 2.21. The van der Waals surface area contributed by atoms with Gasteiger partial charge in [-0.1, -0.05) is 6.92 Å². The smallest absolute Gasteiger partial charge is 0.123 e. The maximum Gasteiger partial charge on any atom is 0.123 e. The van der Waals surface area contributed by atoms with Crippen LogP contribution in [0, 0.1) is 0 Å². The number of nitrogens with one attached hydrogen (secondary N) is 1. The Kier molecular flexibility index (Phi) is 5.59. The van der Waals surface area contributed by atoms with Crippen LogP contribution >= 0.6 is 0 Å². The molecule has 0 aliphatic carbocycles. The first-order valence-electron chi connectivity index (χ1n) is 5.71. The highest BCUT2D eigenvalue weighted by molar-refractivity contribution is 5.59. The van der Waals surface area contributed by atoms with E-state index in [1.54, 1.807) is 18.2 Å². The summed E-state index contributed by atoms with van der Waals surface area (Å²) < 4.78 is 5.48. The quantitative estimate of drug-likeness (QED) is 0.530. The van der Waals surface area contributed by atoms with Gasteiger partial charge in [-0.2, -0.15) is 0 Å². The van der Waals surface area contributed by atoms with E-state index in [2.05, 4.69) is 5.32 Å². The van der Waals surface area contributed by atoms with Gasteiger partial charge in [0.05, 0.1) is 25.9 Å². The van der Waals surface area contributed by atoms with Crippen molar-refractivity contribution in [3.05, 3.63) is 18.2 Å². The Hall–Kier alpha value is -1.46. The average molecular weight is 240 g/mol. The fourth-order valence-corrected chi connectivity index (χ4v) is 1.39. The lowest BCUT2D eigenvalue weighted by molar-refractivity contribution is 0.204. The first-order chi connectivity index (χ1) is 8.19. The van der Waals surface area contributed by atoms with Gasteiger partial charge in [0.25, 0.3) is 0 Å². The van der Waals surface area contributed by atoms with E-state index in [-0.39, 0.29) is 13.2 Å². The zero-order valence-electron chi connectivity index (χ0n) is 10.0. The highest BCUT2D eigenvalue weighted by Crippen LogP contribution is 2.23. The van der Waals surface area contributed by atoms with Crippen LogP contribution in [0.5, 0.6) is 5.75 Å². The van der Waals surface area contributed by atoms with Gasteiger partial charge < -0.3 is 26.0 Å². The Morgan fingerprint density at radius 1 is 1.29 bits per heavy atom. The molecule has 0 saturated heterocycles. The van der Waals surface area contributed by atoms with Crippen molar-refractivity contribution in [2.75, 3.05) is 30.9 Å². The molecular weight excluding hydrogens is 220 g/mol. The fourth-order valence-electron chi connectivity index (χ4n) is 1.39. The van der Waals surface area contributed by atoms with Crippen LogP contribution in [0.3, 0.4) is 0 Å². The topological polar surface area (TPSA) is 87.7 Å². The van der Waals surface area contributed by atoms with E-state index in [1.807, 2.05) is 6.92 Å². The molecule has 0 unspecified atom stereocenters. The molecule has 96 valence electrons. The molecule has 0 fully saturated rings. The number of anilines is 2. The summed E-state index contributed by atoms with van der Waals surface area (Å²) in [5.74, 6) is 0.684. The highest BCUT2D eigenvalue weighted by atomic mass is 16.5. The predicted molar refractivity (Wildman–Crippen MR) is 68.2 cm³/mol. The maximum atomic E-state index is 8.98. The first-order valence-corrected chi connectivity index (χ1v) is 5.71. The van der Waals surface area contributed by atoms with Crippen molar-refractivity contribution in [3.63, 3.8) is 0 Å². The lowest BCUT2D eigenvalue weighted by atomic mass is 10.2. The SMILES string of the molecule is CCCOc1cc(N)cc(NC(CO)CO)c1. The Morgan fingerprint density at radius 2 is 2.00 bits per heavy atom. The maximum absolute atomic E-state index is 8.98. The van der Waals surface area contributed by atoms with Gasteiger partial charge in [0, 0.05) is 23.5 Å². The largest absolute Gasteiger partial charge is 0.493 e. The lowest BCUT2D eigenvalue weighted by Gasteiger charge is -2.16. The van der Waals surface area contributed by atoms with E-state index in [4.69, 9.17) is 20.7 Å². The molecule has 5 heteroatoms. The van der Waals surface area contributed by atoms with Crippen LogP contribution in [0.2, 0.25) is 0 Å². The Labute approximate surface area is 101 Å². The van der Waals surface area contributed by atoms with Crippen molar-refractivity contribution < 1.29 is 14.9 Å². The zero-order valence-corrected chi connectivity index (χ0v) is 10.0. The molecule has 0 aromatic heterocycles. The van der Waals surface area contributed by atoms with Crippen molar-refractivity contribution >= 4 is 11.4 Å². The standard InChI is InChI=1S/C12H20N2O3/c1-2-3-17-12-5-9(13)4-10(6-12)14-11(7-15)8-16/h4-6,11,14-16H,2-3,7-8,13H2,1H3. The summed E-state index contributed by atoms with van der Waals surface area (Å²) in [6.07, 6.45) is 0.924. The minimum atomic E-state index is -0.393. The molecule has 5 nitrogen and oxygen atoms in total. The second-order valence-electron chi connectivity index (χ2n) is 3.85. The highest BCUT2D eigenvalue weighted by Gasteiger charge is 2.07. The molecule has 1 rings (SSSR count). The van der Waals surface area contributed by atoms with Crippen LogP contribution in [0.15, 0.2) is 18.2 Å². The van der Waals surface area contributed by atoms with E-state index >= 15 is 0 Å². The molecule has 0 heterocycles. The van der Waals surface area contributed by atoms with E-state index in [1.165, 1.54) is 0 Å². The number of hydrogen-bond acceptors (Lipinski definition) is 5. The molecule has 17 heavy (non-hydrogen) atoms. The third-order valence-electron chi connectivity index (χ3n) is 2.21. The molecular formula is C12H20N2O3. The van der Waals surface area contributed by atoms with Gasteiger partial charge in [-0.25, -0.2) is 0 Å². The lowest BCUT2D eigenvalue weighted by Crippen LogP contribution is -2.27. The molecule has 0 atom stereocenters. The number of ether oxygens (including phenoxy) is 1. The normalized spacial score (nSPS) is 10.6. The number of aliphatic hydroxyl groups is 2. The van der Waals surface area contributed by atoms with Crippen LogP contribution in [0.25, 0.3) is 0 Å². The Balaban J connectivity index is 2.74. The van der Waals surface area contributed by atoms with Crippen molar-refractivity contribution in [1.82, 2.24) is 0 Å². The van der Waals surface area contributed by atoms with Gasteiger partial charge in [-0.15, -0.1) is 0 Å². The molecule has 0 aliphatic heterocycles. The third kappa shape index (κ3) is 4.50. The van der Waals surface area contributed by atoms with Gasteiger partial charge in [0.2, 0.25) is 0 Å². The van der Waals surface area contributed by atoms with Gasteiger partial charge in [0.15, 0.2) is 0 Å². The number of rotatable bonds is 7. The molecule has 1 aromatic rings. The second-order valence-corrected chi connectivity index (χ2v) is 3.85. The van der Waals surface area contributed by atoms with E-state index in [9.17, 15) is 0 Å². The van der Waals surface area contributed by atoms with Crippen LogP contribution in [0.4, 0.5) is 11.4 Å². The molecule has 5 N–H and O–H groups in total. The van der Waals surface area contributed by atoms with Gasteiger partial charge >= 0.3 is 0 Å². The monoisotopic (exact) mass is 240 g/mol. The summed E-state index contributed by atoms with van der Waals surface area (Å²) >= 11 is 0. The number of aliphatic hydroxyl groups excluding tert-OH is 2. The fraction of sp³-hybridized carbons (Fsp3) is 0.500. The predicted octanol–water partition coefficient (Wildman–Crippen LogP) is 0.823. The summed E-state index contributed by atoms with van der Waals surface area (Å²) in [6, 6.07) is 4.88.